The number of hydrogen-bond donors (Lipinski definition) is 3. The maximum Gasteiger partial charge on any atom is 0.336 e. The van der Waals surface area contributed by atoms with E-state index < -0.39 is 24.3 Å². The van der Waals surface area contributed by atoms with Gasteiger partial charge in [0.25, 0.3) is 0 Å². The Hall–Kier alpha value is -2.12. The van der Waals surface area contributed by atoms with Crippen molar-refractivity contribution in [3.8, 4) is 5.75 Å². The van der Waals surface area contributed by atoms with Gasteiger partial charge < -0.3 is 24.8 Å². The molecule has 0 amide bonds. The molecule has 3 rings (SSSR count). The predicted octanol–water partition coefficient (Wildman–Crippen LogP) is 3.60. The van der Waals surface area contributed by atoms with E-state index in [1.807, 2.05) is 31.2 Å². The van der Waals surface area contributed by atoms with Crippen molar-refractivity contribution in [2.75, 3.05) is 13.2 Å². The van der Waals surface area contributed by atoms with E-state index in [1.165, 1.54) is 6.07 Å². The molecule has 7 heteroatoms. The molecule has 156 valence electrons. The topological polar surface area (TPSA) is 96.2 Å². The van der Waals surface area contributed by atoms with Crippen molar-refractivity contribution in [1.29, 1.82) is 0 Å². The molecule has 1 aliphatic heterocycles. The minimum Gasteiger partial charge on any atom is -0.494 e. The molecule has 6 nitrogen and oxygen atoms in total. The van der Waals surface area contributed by atoms with Gasteiger partial charge in [-0.3, -0.25) is 0 Å². The van der Waals surface area contributed by atoms with E-state index in [0.717, 1.165) is 16.9 Å². The number of carbonyl (C=O) groups is 1. The van der Waals surface area contributed by atoms with Crippen LogP contribution in [0.5, 0.6) is 5.75 Å². The van der Waals surface area contributed by atoms with Gasteiger partial charge in [-0.25, -0.2) is 4.79 Å². The highest BCUT2D eigenvalue weighted by Gasteiger charge is 2.32. The van der Waals surface area contributed by atoms with E-state index in [1.54, 1.807) is 6.07 Å². The second kappa shape index (κ2) is 9.59. The Morgan fingerprint density at radius 1 is 1.24 bits per heavy atom. The van der Waals surface area contributed by atoms with Crippen molar-refractivity contribution in [2.45, 2.75) is 44.5 Å². The number of benzene rings is 2. The third-order valence-electron chi connectivity index (χ3n) is 5.01. The van der Waals surface area contributed by atoms with Gasteiger partial charge in [0.2, 0.25) is 0 Å². The molecule has 1 heterocycles. The lowest BCUT2D eigenvalue weighted by molar-refractivity contribution is -0.114. The number of carboxylic acid groups (broad SMARTS) is 1. The monoisotopic (exact) mass is 420 g/mol. The molecule has 0 bridgehead atoms. The average molecular weight is 421 g/mol. The van der Waals surface area contributed by atoms with Crippen LogP contribution in [0.4, 0.5) is 0 Å². The van der Waals surface area contributed by atoms with Gasteiger partial charge in [0.15, 0.2) is 0 Å². The van der Waals surface area contributed by atoms with Crippen LogP contribution >= 0.6 is 11.6 Å². The number of aromatic carboxylic acids is 1. The molecule has 1 saturated heterocycles. The van der Waals surface area contributed by atoms with E-state index in [2.05, 4.69) is 0 Å². The summed E-state index contributed by atoms with van der Waals surface area (Å²) in [6.07, 6.45) is -0.730. The Kier molecular flexibility index (Phi) is 7.14. The van der Waals surface area contributed by atoms with Gasteiger partial charge in [0, 0.05) is 17.9 Å². The highest BCUT2D eigenvalue weighted by molar-refractivity contribution is 6.31. The van der Waals surface area contributed by atoms with E-state index in [9.17, 15) is 20.1 Å². The molecule has 0 aromatic heterocycles. The van der Waals surface area contributed by atoms with Crippen molar-refractivity contribution in [3.63, 3.8) is 0 Å². The summed E-state index contributed by atoms with van der Waals surface area (Å²) in [6.45, 7) is 2.28. The molecule has 0 aliphatic carbocycles. The first-order valence-corrected chi connectivity index (χ1v) is 10.0. The van der Waals surface area contributed by atoms with Crippen LogP contribution in [-0.4, -0.2) is 46.7 Å². The molecule has 3 atom stereocenters. The van der Waals surface area contributed by atoms with Crippen LogP contribution in [-0.2, 0) is 11.2 Å². The molecular weight excluding hydrogens is 396 g/mol. The van der Waals surface area contributed by atoms with Crippen LogP contribution in [0, 0.1) is 0 Å². The fourth-order valence-electron chi connectivity index (χ4n) is 3.62. The first-order valence-electron chi connectivity index (χ1n) is 9.63. The molecule has 2 aromatic rings. The summed E-state index contributed by atoms with van der Waals surface area (Å²) < 4.78 is 11.3. The van der Waals surface area contributed by atoms with Crippen LogP contribution in [0.1, 0.15) is 52.9 Å². The Labute approximate surface area is 174 Å². The molecule has 29 heavy (non-hydrogen) atoms. The minimum absolute atomic E-state index is 0.0428. The molecule has 2 aromatic carbocycles. The molecule has 1 fully saturated rings. The SMILES string of the molecule is CCOc1ccc(Cc2cc([C@H]3CC(O)C[C@@H](CO)O3)c(C(=O)O)cc2Cl)cc1. The quantitative estimate of drug-likeness (QED) is 0.633. The van der Waals surface area contributed by atoms with Gasteiger partial charge in [-0.2, -0.15) is 0 Å². The third-order valence-corrected chi connectivity index (χ3v) is 5.36. The van der Waals surface area contributed by atoms with Crippen molar-refractivity contribution in [1.82, 2.24) is 0 Å². The minimum atomic E-state index is -1.11. The molecular formula is C22H25ClO6. The highest BCUT2D eigenvalue weighted by Crippen LogP contribution is 2.36. The summed E-state index contributed by atoms with van der Waals surface area (Å²) in [4.78, 5) is 11.8. The number of carboxylic acids is 1. The first-order chi connectivity index (χ1) is 13.9. The van der Waals surface area contributed by atoms with Gasteiger partial charge in [-0.05, 0) is 48.2 Å². The lowest BCUT2D eigenvalue weighted by Crippen LogP contribution is -2.34. The van der Waals surface area contributed by atoms with Crippen LogP contribution in [0.15, 0.2) is 36.4 Å². The molecule has 1 unspecified atom stereocenters. The summed E-state index contributed by atoms with van der Waals surface area (Å²) in [5, 5.41) is 29.5. The van der Waals surface area contributed by atoms with Gasteiger partial charge in [0.1, 0.15) is 5.75 Å². The number of aliphatic hydroxyl groups excluding tert-OH is 2. The fraction of sp³-hybridized carbons (Fsp3) is 0.409. The molecule has 1 aliphatic rings. The third kappa shape index (κ3) is 5.28. The Morgan fingerprint density at radius 2 is 1.97 bits per heavy atom. The number of rotatable bonds is 7. The van der Waals surface area contributed by atoms with Crippen LogP contribution in [0.25, 0.3) is 0 Å². The number of halogens is 1. The zero-order valence-electron chi connectivity index (χ0n) is 16.2. The van der Waals surface area contributed by atoms with Crippen molar-refractivity contribution in [3.05, 3.63) is 63.7 Å². The van der Waals surface area contributed by atoms with Crippen LogP contribution in [0.2, 0.25) is 5.02 Å². The smallest absolute Gasteiger partial charge is 0.336 e. The lowest BCUT2D eigenvalue weighted by atomic mass is 9.90. The molecule has 3 N–H and O–H groups in total. The van der Waals surface area contributed by atoms with Gasteiger partial charge in [-0.15, -0.1) is 0 Å². The Bertz CT molecular complexity index is 851. The van der Waals surface area contributed by atoms with Crippen molar-refractivity contribution < 1.29 is 29.6 Å². The lowest BCUT2D eigenvalue weighted by Gasteiger charge is -2.33. The van der Waals surface area contributed by atoms with Gasteiger partial charge in [-0.1, -0.05) is 29.8 Å². The van der Waals surface area contributed by atoms with Crippen LogP contribution in [0.3, 0.4) is 0 Å². The Balaban J connectivity index is 1.92. The Morgan fingerprint density at radius 3 is 2.59 bits per heavy atom. The second-order valence-corrected chi connectivity index (χ2v) is 7.55. The maximum absolute atomic E-state index is 11.8. The van der Waals surface area contributed by atoms with Crippen molar-refractivity contribution >= 4 is 17.6 Å². The zero-order valence-corrected chi connectivity index (χ0v) is 16.9. The summed E-state index contributed by atoms with van der Waals surface area (Å²) in [6, 6.07) is 10.8. The predicted molar refractivity (Wildman–Crippen MR) is 109 cm³/mol. The normalized spacial score (nSPS) is 21.7. The standard InChI is InChI=1S/C22H25ClO6/c1-2-28-16-5-3-13(4-6-16)7-14-8-18(19(22(26)27)11-20(14)23)21-10-15(25)9-17(12-24)29-21/h3-6,8,11,15,17,21,24-25H,2,7,9-10,12H2,1H3,(H,26,27)/t15?,17-,21+/m0/s1. The summed E-state index contributed by atoms with van der Waals surface area (Å²) >= 11 is 6.38. The first kappa shape index (κ1) is 21.6. The largest absolute Gasteiger partial charge is 0.494 e. The fourth-order valence-corrected chi connectivity index (χ4v) is 3.85. The van der Waals surface area contributed by atoms with Crippen LogP contribution < -0.4 is 4.74 Å². The van der Waals surface area contributed by atoms with Gasteiger partial charge in [0.05, 0.1) is 37.1 Å². The highest BCUT2D eigenvalue weighted by atomic mass is 35.5. The average Bonchev–Trinajstić information content (AvgIpc) is 2.70. The number of ether oxygens (including phenoxy) is 2. The zero-order chi connectivity index (χ0) is 21.0. The van der Waals surface area contributed by atoms with E-state index in [-0.39, 0.29) is 18.6 Å². The molecule has 0 spiro atoms. The van der Waals surface area contributed by atoms with E-state index >= 15 is 0 Å². The summed E-state index contributed by atoms with van der Waals surface area (Å²) in [7, 11) is 0. The number of hydrogen-bond acceptors (Lipinski definition) is 5. The molecule has 0 saturated carbocycles. The van der Waals surface area contributed by atoms with E-state index in [0.29, 0.717) is 30.0 Å². The van der Waals surface area contributed by atoms with Crippen molar-refractivity contribution in [2.24, 2.45) is 0 Å². The van der Waals surface area contributed by atoms with Gasteiger partial charge >= 0.3 is 5.97 Å². The summed E-state index contributed by atoms with van der Waals surface area (Å²) in [5.41, 5.74) is 2.27. The molecule has 0 radical (unpaired) electrons. The summed E-state index contributed by atoms with van der Waals surface area (Å²) in [5.74, 6) is -0.331. The number of aliphatic hydroxyl groups is 2. The maximum atomic E-state index is 11.8. The van der Waals surface area contributed by atoms with E-state index in [4.69, 9.17) is 21.1 Å². The second-order valence-electron chi connectivity index (χ2n) is 7.14.